The van der Waals surface area contributed by atoms with E-state index >= 15 is 0 Å². The fraction of sp³-hybridized carbons (Fsp3) is 0.400. The molecule has 0 atom stereocenters. The topological polar surface area (TPSA) is 81.1 Å². The molecule has 23 heavy (non-hydrogen) atoms. The van der Waals surface area contributed by atoms with Crippen molar-refractivity contribution < 1.29 is 13.9 Å². The van der Waals surface area contributed by atoms with Gasteiger partial charge in [0.15, 0.2) is 5.69 Å². The second-order valence-corrected chi connectivity index (χ2v) is 5.36. The average Bonchev–Trinajstić information content (AvgIpc) is 3.08. The Hall–Kier alpha value is -2.48. The van der Waals surface area contributed by atoms with Crippen LogP contribution in [-0.4, -0.2) is 41.1 Å². The van der Waals surface area contributed by atoms with Crippen LogP contribution in [-0.2, 0) is 0 Å². The van der Waals surface area contributed by atoms with E-state index in [1.165, 1.54) is 25.3 Å². The van der Waals surface area contributed by atoms with Crippen molar-refractivity contribution in [2.75, 3.05) is 25.5 Å². The molecule has 1 fully saturated rings. The number of halogens is 1. The van der Waals surface area contributed by atoms with E-state index in [9.17, 15) is 9.18 Å². The quantitative estimate of drug-likeness (QED) is 0.895. The van der Waals surface area contributed by atoms with Gasteiger partial charge in [0.2, 0.25) is 0 Å². The van der Waals surface area contributed by atoms with E-state index in [1.54, 1.807) is 10.9 Å². The molecule has 0 aliphatic carbocycles. The van der Waals surface area contributed by atoms with Crippen LogP contribution in [0.1, 0.15) is 29.4 Å². The van der Waals surface area contributed by atoms with Crippen LogP contribution in [0.4, 0.5) is 10.1 Å². The maximum absolute atomic E-state index is 13.8. The van der Waals surface area contributed by atoms with Crippen molar-refractivity contribution in [3.63, 3.8) is 0 Å². The fourth-order valence-electron chi connectivity index (χ4n) is 2.54. The molecule has 1 aliphatic rings. The normalized spacial score (nSPS) is 15.4. The van der Waals surface area contributed by atoms with Gasteiger partial charge < -0.3 is 15.4 Å². The molecule has 3 rings (SSSR count). The molecule has 2 N–H and O–H groups in total. The molecule has 1 aromatic heterocycles. The zero-order valence-electron chi connectivity index (χ0n) is 12.8. The van der Waals surface area contributed by atoms with E-state index in [0.29, 0.717) is 5.75 Å². The molecule has 0 spiro atoms. The van der Waals surface area contributed by atoms with Crippen LogP contribution in [0, 0.1) is 5.82 Å². The van der Waals surface area contributed by atoms with Crippen LogP contribution >= 0.6 is 0 Å². The molecule has 0 unspecified atom stereocenters. The molecule has 0 saturated carbocycles. The first-order valence-corrected chi connectivity index (χ1v) is 7.45. The minimum atomic E-state index is -0.537. The van der Waals surface area contributed by atoms with Crippen molar-refractivity contribution >= 4 is 11.6 Å². The molecule has 1 aliphatic heterocycles. The Morgan fingerprint density at radius 1 is 1.43 bits per heavy atom. The van der Waals surface area contributed by atoms with Crippen molar-refractivity contribution in [1.82, 2.24) is 20.3 Å². The Balaban J connectivity index is 1.72. The SMILES string of the molecule is COc1ccc(F)c(NC(=O)c2cn(C3CCNCC3)nn2)c1. The summed E-state index contributed by atoms with van der Waals surface area (Å²) in [6, 6.07) is 4.38. The highest BCUT2D eigenvalue weighted by Gasteiger charge is 2.19. The molecule has 8 heteroatoms. The summed E-state index contributed by atoms with van der Waals surface area (Å²) in [5.74, 6) is -0.581. The summed E-state index contributed by atoms with van der Waals surface area (Å²) in [5.41, 5.74) is 0.205. The minimum absolute atomic E-state index is 0.0470. The third-order valence-corrected chi connectivity index (χ3v) is 3.85. The first-order chi connectivity index (χ1) is 11.2. The Morgan fingerprint density at radius 3 is 2.96 bits per heavy atom. The number of piperidine rings is 1. The van der Waals surface area contributed by atoms with Gasteiger partial charge in [0, 0.05) is 6.07 Å². The van der Waals surface area contributed by atoms with Crippen molar-refractivity contribution in [3.8, 4) is 5.75 Å². The zero-order chi connectivity index (χ0) is 16.2. The molecule has 122 valence electrons. The van der Waals surface area contributed by atoms with Gasteiger partial charge in [-0.15, -0.1) is 5.10 Å². The van der Waals surface area contributed by atoms with E-state index < -0.39 is 11.7 Å². The Kier molecular flexibility index (Phi) is 4.52. The van der Waals surface area contributed by atoms with Gasteiger partial charge in [0.1, 0.15) is 11.6 Å². The highest BCUT2D eigenvalue weighted by molar-refractivity contribution is 6.02. The maximum Gasteiger partial charge on any atom is 0.277 e. The lowest BCUT2D eigenvalue weighted by molar-refractivity contribution is 0.102. The van der Waals surface area contributed by atoms with E-state index in [1.807, 2.05) is 0 Å². The summed E-state index contributed by atoms with van der Waals surface area (Å²) in [7, 11) is 1.48. The van der Waals surface area contributed by atoms with Gasteiger partial charge in [0.25, 0.3) is 5.91 Å². The van der Waals surface area contributed by atoms with E-state index in [-0.39, 0.29) is 17.4 Å². The lowest BCUT2D eigenvalue weighted by Gasteiger charge is -2.22. The number of anilines is 1. The summed E-state index contributed by atoms with van der Waals surface area (Å²) in [4.78, 5) is 12.2. The molecule has 1 aromatic carbocycles. The number of hydrogen-bond acceptors (Lipinski definition) is 5. The molecule has 7 nitrogen and oxygen atoms in total. The summed E-state index contributed by atoms with van der Waals surface area (Å²) in [5, 5.41) is 13.7. The fourth-order valence-corrected chi connectivity index (χ4v) is 2.54. The number of hydrogen-bond donors (Lipinski definition) is 2. The van der Waals surface area contributed by atoms with Crippen molar-refractivity contribution in [1.29, 1.82) is 0 Å². The summed E-state index contributed by atoms with van der Waals surface area (Å²) in [6.07, 6.45) is 3.48. The molecule has 2 aromatic rings. The highest BCUT2D eigenvalue weighted by Crippen LogP contribution is 2.22. The number of rotatable bonds is 4. The molecular weight excluding hydrogens is 301 g/mol. The lowest BCUT2D eigenvalue weighted by Crippen LogP contribution is -2.29. The number of nitrogens with zero attached hydrogens (tertiary/aromatic N) is 3. The number of nitrogens with one attached hydrogen (secondary N) is 2. The monoisotopic (exact) mass is 319 g/mol. The molecular formula is C15H18FN5O2. The predicted octanol–water partition coefficient (Wildman–Crippen LogP) is 1.60. The zero-order valence-corrected chi connectivity index (χ0v) is 12.8. The van der Waals surface area contributed by atoms with Crippen molar-refractivity contribution in [2.24, 2.45) is 0 Å². The summed E-state index contributed by atoms with van der Waals surface area (Å²) < 4.78 is 20.5. The Bertz CT molecular complexity index is 697. The number of carbonyl (C=O) groups excluding carboxylic acids is 1. The van der Waals surface area contributed by atoms with Gasteiger partial charge in [-0.25, -0.2) is 9.07 Å². The average molecular weight is 319 g/mol. The molecule has 2 heterocycles. The standard InChI is InChI=1S/C15H18FN5O2/c1-23-11-2-3-12(16)13(8-11)18-15(22)14-9-21(20-19-14)10-4-6-17-7-5-10/h2-3,8-10,17H,4-7H2,1H3,(H,18,22). The van der Waals surface area contributed by atoms with Gasteiger partial charge in [0.05, 0.1) is 25.0 Å². The van der Waals surface area contributed by atoms with Gasteiger partial charge in [-0.2, -0.15) is 0 Å². The van der Waals surface area contributed by atoms with Gasteiger partial charge >= 0.3 is 0 Å². The largest absolute Gasteiger partial charge is 0.497 e. The third kappa shape index (κ3) is 3.48. The predicted molar refractivity (Wildman–Crippen MR) is 82.1 cm³/mol. The van der Waals surface area contributed by atoms with Gasteiger partial charge in [-0.1, -0.05) is 5.21 Å². The van der Waals surface area contributed by atoms with E-state index in [0.717, 1.165) is 25.9 Å². The van der Waals surface area contributed by atoms with Crippen LogP contribution in [0.25, 0.3) is 0 Å². The minimum Gasteiger partial charge on any atom is -0.497 e. The summed E-state index contributed by atoms with van der Waals surface area (Å²) in [6.45, 7) is 1.84. The first-order valence-electron chi connectivity index (χ1n) is 7.45. The van der Waals surface area contributed by atoms with Gasteiger partial charge in [-0.05, 0) is 38.1 Å². The molecule has 1 saturated heterocycles. The number of aromatic nitrogens is 3. The number of methoxy groups -OCH3 is 1. The van der Waals surface area contributed by atoms with E-state index in [4.69, 9.17) is 4.74 Å². The van der Waals surface area contributed by atoms with Crippen LogP contribution in [0.15, 0.2) is 24.4 Å². The Morgan fingerprint density at radius 2 is 2.22 bits per heavy atom. The van der Waals surface area contributed by atoms with Crippen LogP contribution in [0.5, 0.6) is 5.75 Å². The van der Waals surface area contributed by atoms with Crippen molar-refractivity contribution in [2.45, 2.75) is 18.9 Å². The number of carbonyl (C=O) groups is 1. The molecule has 0 bridgehead atoms. The van der Waals surface area contributed by atoms with Gasteiger partial charge in [-0.3, -0.25) is 4.79 Å². The third-order valence-electron chi connectivity index (χ3n) is 3.85. The number of benzene rings is 1. The smallest absolute Gasteiger partial charge is 0.277 e. The second kappa shape index (κ2) is 6.74. The van der Waals surface area contributed by atoms with Crippen LogP contribution in [0.3, 0.4) is 0 Å². The second-order valence-electron chi connectivity index (χ2n) is 5.36. The number of ether oxygens (including phenoxy) is 1. The van der Waals surface area contributed by atoms with Crippen LogP contribution in [0.2, 0.25) is 0 Å². The highest BCUT2D eigenvalue weighted by atomic mass is 19.1. The maximum atomic E-state index is 13.8. The lowest BCUT2D eigenvalue weighted by atomic mass is 10.1. The van der Waals surface area contributed by atoms with E-state index in [2.05, 4.69) is 20.9 Å². The van der Waals surface area contributed by atoms with Crippen molar-refractivity contribution in [3.05, 3.63) is 35.9 Å². The molecule has 0 radical (unpaired) electrons. The summed E-state index contributed by atoms with van der Waals surface area (Å²) >= 11 is 0. The molecule has 1 amide bonds. The van der Waals surface area contributed by atoms with Crippen LogP contribution < -0.4 is 15.4 Å². The Labute approximate surface area is 132 Å². The number of amides is 1. The first kappa shape index (κ1) is 15.4.